The van der Waals surface area contributed by atoms with Crippen LogP contribution in [0.15, 0.2) is 78.9 Å². The summed E-state index contributed by atoms with van der Waals surface area (Å²) < 4.78 is 5.66. The number of amides is 1. The number of aryl methyl sites for hydroxylation is 2. The molecule has 6 heteroatoms. The Kier molecular flexibility index (Phi) is 7.21. The fourth-order valence-electron chi connectivity index (χ4n) is 4.59. The molecule has 5 rings (SSSR count). The van der Waals surface area contributed by atoms with E-state index in [1.807, 2.05) is 74.5 Å². The van der Waals surface area contributed by atoms with E-state index in [-0.39, 0.29) is 5.91 Å². The third kappa shape index (κ3) is 4.89. The Hall–Kier alpha value is -4.47. The third-order valence-electron chi connectivity index (χ3n) is 6.48. The van der Waals surface area contributed by atoms with Crippen molar-refractivity contribution in [1.29, 1.82) is 5.26 Å². The molecule has 0 bridgehead atoms. The molecule has 5 nitrogen and oxygen atoms in total. The number of benzene rings is 3. The van der Waals surface area contributed by atoms with Crippen molar-refractivity contribution in [3.8, 4) is 34.2 Å². The number of carbonyl (C=O) groups is 1. The van der Waals surface area contributed by atoms with Crippen LogP contribution in [0.3, 0.4) is 0 Å². The van der Waals surface area contributed by atoms with Crippen LogP contribution in [-0.2, 0) is 6.42 Å². The van der Waals surface area contributed by atoms with Crippen molar-refractivity contribution in [2.75, 3.05) is 11.9 Å². The van der Waals surface area contributed by atoms with Crippen LogP contribution in [0, 0.1) is 18.3 Å². The van der Waals surface area contributed by atoms with Gasteiger partial charge in [0.15, 0.2) is 0 Å². The highest BCUT2D eigenvalue weighted by molar-refractivity contribution is 7.17. The molecule has 2 aromatic heterocycles. The van der Waals surface area contributed by atoms with Crippen LogP contribution in [0.1, 0.15) is 40.2 Å². The van der Waals surface area contributed by atoms with E-state index in [0.717, 1.165) is 44.6 Å². The van der Waals surface area contributed by atoms with Gasteiger partial charge in [-0.25, -0.2) is 4.98 Å². The molecule has 0 saturated carbocycles. The molecule has 1 amide bonds. The van der Waals surface area contributed by atoms with Crippen LogP contribution in [0.5, 0.6) is 5.75 Å². The summed E-state index contributed by atoms with van der Waals surface area (Å²) in [6.45, 7) is 6.60. The second kappa shape index (κ2) is 10.9. The van der Waals surface area contributed by atoms with Crippen molar-refractivity contribution in [2.24, 2.45) is 0 Å². The van der Waals surface area contributed by atoms with Gasteiger partial charge in [0, 0.05) is 21.4 Å². The van der Waals surface area contributed by atoms with Gasteiger partial charge in [-0.1, -0.05) is 61.5 Å². The minimum absolute atomic E-state index is 0.281. The molecule has 1 N–H and O–H groups in total. The Labute approximate surface area is 226 Å². The number of carbonyl (C=O) groups excluding carboxylic acids is 1. The van der Waals surface area contributed by atoms with Crippen LogP contribution in [0.4, 0.5) is 5.00 Å². The number of nitrogens with zero attached hydrogens (tertiary/aromatic N) is 2. The maximum atomic E-state index is 13.7. The maximum Gasteiger partial charge on any atom is 0.257 e. The molecule has 188 valence electrons. The van der Waals surface area contributed by atoms with Crippen molar-refractivity contribution < 1.29 is 9.53 Å². The summed E-state index contributed by atoms with van der Waals surface area (Å²) >= 11 is 1.42. The number of thiophene rings is 1. The largest absolute Gasteiger partial charge is 0.494 e. The highest BCUT2D eigenvalue weighted by atomic mass is 32.1. The first kappa shape index (κ1) is 25.2. The van der Waals surface area contributed by atoms with Gasteiger partial charge in [-0.3, -0.25) is 4.79 Å². The number of para-hydroxylation sites is 1. The van der Waals surface area contributed by atoms with Crippen LogP contribution in [0.25, 0.3) is 33.3 Å². The monoisotopic (exact) mass is 517 g/mol. The molecule has 38 heavy (non-hydrogen) atoms. The van der Waals surface area contributed by atoms with E-state index in [1.165, 1.54) is 16.9 Å². The summed E-state index contributed by atoms with van der Waals surface area (Å²) in [7, 11) is 0. The number of nitriles is 1. The fourth-order valence-corrected chi connectivity index (χ4v) is 5.61. The predicted octanol–water partition coefficient (Wildman–Crippen LogP) is 8.02. The standard InChI is InChI=1S/C32H27N3O2S/c1-4-21-13-15-22(16-14-21)30-20(3)38-32(27(30)19-33)35-31(36)26-18-29(34-28-12-7-6-11-25(26)28)23-9-8-10-24(17-23)37-5-2/h6-18H,4-5H2,1-3H3,(H,35,36). The van der Waals surface area contributed by atoms with Gasteiger partial charge >= 0.3 is 0 Å². The highest BCUT2D eigenvalue weighted by Gasteiger charge is 2.21. The fraction of sp³-hybridized carbons (Fsp3) is 0.156. The van der Waals surface area contributed by atoms with Gasteiger partial charge in [0.05, 0.1) is 28.9 Å². The lowest BCUT2D eigenvalue weighted by atomic mass is 10.00. The van der Waals surface area contributed by atoms with E-state index in [9.17, 15) is 10.1 Å². The summed E-state index contributed by atoms with van der Waals surface area (Å²) in [6, 6.07) is 27.7. The van der Waals surface area contributed by atoms with Crippen molar-refractivity contribution >= 4 is 33.1 Å². The van der Waals surface area contributed by atoms with Crippen molar-refractivity contribution in [3.63, 3.8) is 0 Å². The number of aromatic nitrogens is 1. The molecular weight excluding hydrogens is 490 g/mol. The van der Waals surface area contributed by atoms with Crippen molar-refractivity contribution in [3.05, 3.63) is 100 Å². The van der Waals surface area contributed by atoms with Crippen LogP contribution >= 0.6 is 11.3 Å². The molecule has 0 unspecified atom stereocenters. The molecule has 0 aliphatic carbocycles. The zero-order chi connectivity index (χ0) is 26.6. The minimum atomic E-state index is -0.281. The molecule has 0 spiro atoms. The molecular formula is C32H27N3O2S. The Morgan fingerprint density at radius 2 is 1.79 bits per heavy atom. The molecule has 0 saturated heterocycles. The van der Waals surface area contributed by atoms with Crippen molar-refractivity contribution in [2.45, 2.75) is 27.2 Å². The molecule has 0 aliphatic rings. The van der Waals surface area contributed by atoms with E-state index < -0.39 is 0 Å². The topological polar surface area (TPSA) is 75.0 Å². The van der Waals surface area contributed by atoms with E-state index in [1.54, 1.807) is 6.07 Å². The van der Waals surface area contributed by atoms with E-state index >= 15 is 0 Å². The van der Waals surface area contributed by atoms with Gasteiger partial charge in [-0.2, -0.15) is 5.26 Å². The number of anilines is 1. The Morgan fingerprint density at radius 3 is 2.53 bits per heavy atom. The van der Waals surface area contributed by atoms with Gasteiger partial charge < -0.3 is 10.1 Å². The summed E-state index contributed by atoms with van der Waals surface area (Å²) in [6.07, 6.45) is 0.952. The van der Waals surface area contributed by atoms with E-state index in [4.69, 9.17) is 9.72 Å². The summed E-state index contributed by atoms with van der Waals surface area (Å²) in [5.74, 6) is 0.467. The van der Waals surface area contributed by atoms with Gasteiger partial charge in [-0.05, 0) is 55.7 Å². The SMILES string of the molecule is CCOc1cccc(-c2cc(C(=O)Nc3sc(C)c(-c4ccc(CC)cc4)c3C#N)c3ccccc3n2)c1. The molecule has 5 aromatic rings. The van der Waals surface area contributed by atoms with E-state index in [2.05, 4.69) is 30.4 Å². The second-order valence-electron chi connectivity index (χ2n) is 8.89. The smallest absolute Gasteiger partial charge is 0.257 e. The zero-order valence-electron chi connectivity index (χ0n) is 21.5. The first-order valence-corrected chi connectivity index (χ1v) is 13.4. The Bertz CT molecular complexity index is 1680. The number of ether oxygens (including phenoxy) is 1. The molecule has 2 heterocycles. The average Bonchev–Trinajstić information content (AvgIpc) is 3.26. The first-order chi connectivity index (χ1) is 18.5. The number of fused-ring (bicyclic) bond motifs is 1. The van der Waals surface area contributed by atoms with Gasteiger partial charge in [0.1, 0.15) is 16.8 Å². The average molecular weight is 518 g/mol. The van der Waals surface area contributed by atoms with Crippen LogP contribution in [0.2, 0.25) is 0 Å². The second-order valence-corrected chi connectivity index (χ2v) is 10.1. The number of hydrogen-bond donors (Lipinski definition) is 1. The lowest BCUT2D eigenvalue weighted by Gasteiger charge is -2.11. The number of pyridine rings is 1. The molecule has 0 fully saturated rings. The van der Waals surface area contributed by atoms with Crippen LogP contribution < -0.4 is 10.1 Å². The summed E-state index contributed by atoms with van der Waals surface area (Å²) in [5.41, 5.74) is 6.30. The predicted molar refractivity (Wildman–Crippen MR) is 155 cm³/mol. The summed E-state index contributed by atoms with van der Waals surface area (Å²) in [5, 5.41) is 14.4. The normalized spacial score (nSPS) is 10.8. The molecule has 0 atom stereocenters. The lowest BCUT2D eigenvalue weighted by molar-refractivity contribution is 0.102. The third-order valence-corrected chi connectivity index (χ3v) is 7.50. The highest BCUT2D eigenvalue weighted by Crippen LogP contribution is 2.40. The Morgan fingerprint density at radius 1 is 1.00 bits per heavy atom. The number of nitrogens with one attached hydrogen (secondary N) is 1. The zero-order valence-corrected chi connectivity index (χ0v) is 22.4. The van der Waals surface area contributed by atoms with E-state index in [0.29, 0.717) is 28.4 Å². The van der Waals surface area contributed by atoms with Crippen molar-refractivity contribution in [1.82, 2.24) is 4.98 Å². The maximum absolute atomic E-state index is 13.7. The molecule has 0 aliphatic heterocycles. The van der Waals surface area contributed by atoms with Crippen LogP contribution in [-0.4, -0.2) is 17.5 Å². The first-order valence-electron chi connectivity index (χ1n) is 12.6. The molecule has 0 radical (unpaired) electrons. The number of rotatable bonds is 7. The lowest BCUT2D eigenvalue weighted by Crippen LogP contribution is -2.13. The summed E-state index contributed by atoms with van der Waals surface area (Å²) in [4.78, 5) is 19.5. The van der Waals surface area contributed by atoms with Gasteiger partial charge in [0.25, 0.3) is 5.91 Å². The minimum Gasteiger partial charge on any atom is -0.494 e. The quantitative estimate of drug-likeness (QED) is 0.237. The van der Waals surface area contributed by atoms with Gasteiger partial charge in [-0.15, -0.1) is 11.3 Å². The molecule has 3 aromatic carbocycles. The Balaban J connectivity index is 1.55. The number of hydrogen-bond acceptors (Lipinski definition) is 5. The van der Waals surface area contributed by atoms with Gasteiger partial charge in [0.2, 0.25) is 0 Å².